The van der Waals surface area contributed by atoms with Crippen LogP contribution in [0.4, 0.5) is 19.0 Å². The second-order valence-corrected chi connectivity index (χ2v) is 4.78. The highest BCUT2D eigenvalue weighted by Crippen LogP contribution is 2.34. The molecule has 0 saturated heterocycles. The van der Waals surface area contributed by atoms with Crippen molar-refractivity contribution in [1.82, 2.24) is 9.78 Å². The average molecular weight is 331 g/mol. The van der Waals surface area contributed by atoms with E-state index in [0.29, 0.717) is 0 Å². The zero-order valence-corrected chi connectivity index (χ0v) is 11.8. The summed E-state index contributed by atoms with van der Waals surface area (Å²) in [7, 11) is 0. The number of nitrogens with zero attached hydrogens (tertiary/aromatic N) is 3. The largest absolute Gasteiger partial charge is 0.416 e. The second kappa shape index (κ2) is 5.87. The fourth-order valence-corrected chi connectivity index (χ4v) is 2.25. The molecule has 2 aromatic rings. The lowest BCUT2D eigenvalue weighted by Crippen LogP contribution is -2.09. The summed E-state index contributed by atoms with van der Waals surface area (Å²) in [5.74, 6) is -0.0816. The highest BCUT2D eigenvalue weighted by atomic mass is 35.5. The van der Waals surface area contributed by atoms with Gasteiger partial charge in [-0.1, -0.05) is 11.6 Å². The first-order chi connectivity index (χ1) is 10.3. The summed E-state index contributed by atoms with van der Waals surface area (Å²) in [5, 5.41) is 21.9. The van der Waals surface area contributed by atoms with E-state index in [1.807, 2.05) is 6.07 Å². The summed E-state index contributed by atoms with van der Waals surface area (Å²) >= 11 is 5.90. The summed E-state index contributed by atoms with van der Waals surface area (Å²) in [6.45, 7) is -0.280. The maximum atomic E-state index is 12.6. The van der Waals surface area contributed by atoms with Gasteiger partial charge in [0.15, 0.2) is 5.82 Å². The van der Waals surface area contributed by atoms with Gasteiger partial charge in [-0.15, -0.1) is 5.10 Å². The molecule has 1 heterocycles. The standard InChI is InChI=1S/C13H10ClF3N4O/c14-9-5-7(13(15,16)17)1-2-11(9)21-10(3-4-22)8(6-18)12(19)20-21/h1-2,5,22H,3-4H2,(H2,19,20). The first-order valence-corrected chi connectivity index (χ1v) is 6.42. The zero-order chi connectivity index (χ0) is 16.5. The van der Waals surface area contributed by atoms with Crippen molar-refractivity contribution >= 4 is 17.4 Å². The number of hydrogen-bond acceptors (Lipinski definition) is 4. The van der Waals surface area contributed by atoms with E-state index in [-0.39, 0.29) is 40.8 Å². The van der Waals surface area contributed by atoms with Crippen molar-refractivity contribution < 1.29 is 18.3 Å². The fourth-order valence-electron chi connectivity index (χ4n) is 1.98. The van der Waals surface area contributed by atoms with E-state index < -0.39 is 11.7 Å². The Kier molecular flexibility index (Phi) is 4.30. The first kappa shape index (κ1) is 16.1. The van der Waals surface area contributed by atoms with Gasteiger partial charge in [0.1, 0.15) is 11.6 Å². The predicted molar refractivity (Wildman–Crippen MR) is 73.5 cm³/mol. The lowest BCUT2D eigenvalue weighted by molar-refractivity contribution is -0.137. The molecule has 5 nitrogen and oxygen atoms in total. The minimum absolute atomic E-state index is 0.0600. The van der Waals surface area contributed by atoms with Crippen LogP contribution in [0.2, 0.25) is 5.02 Å². The molecular weight excluding hydrogens is 321 g/mol. The van der Waals surface area contributed by atoms with Crippen LogP contribution in [-0.2, 0) is 12.6 Å². The molecule has 0 bridgehead atoms. The number of nitriles is 1. The number of aliphatic hydroxyl groups is 1. The minimum atomic E-state index is -4.52. The molecule has 0 unspecified atom stereocenters. The summed E-state index contributed by atoms with van der Waals surface area (Å²) < 4.78 is 39.1. The van der Waals surface area contributed by atoms with Crippen molar-refractivity contribution in [3.8, 4) is 11.8 Å². The molecular formula is C13H10ClF3N4O. The maximum absolute atomic E-state index is 12.6. The second-order valence-electron chi connectivity index (χ2n) is 4.37. The number of aliphatic hydroxyl groups excluding tert-OH is 1. The topological polar surface area (TPSA) is 87.9 Å². The third-order valence-electron chi connectivity index (χ3n) is 2.97. The number of nitrogens with two attached hydrogens (primary N) is 1. The van der Waals surface area contributed by atoms with Gasteiger partial charge in [-0.05, 0) is 18.2 Å². The van der Waals surface area contributed by atoms with Gasteiger partial charge >= 0.3 is 6.18 Å². The molecule has 2 rings (SSSR count). The van der Waals surface area contributed by atoms with Crippen molar-refractivity contribution in [3.05, 3.63) is 40.0 Å². The fraction of sp³-hybridized carbons (Fsp3) is 0.231. The van der Waals surface area contributed by atoms with Crippen molar-refractivity contribution in [2.75, 3.05) is 12.3 Å². The van der Waals surface area contributed by atoms with Crippen LogP contribution in [0.3, 0.4) is 0 Å². The first-order valence-electron chi connectivity index (χ1n) is 6.05. The van der Waals surface area contributed by atoms with Crippen molar-refractivity contribution in [3.63, 3.8) is 0 Å². The SMILES string of the molecule is N#Cc1c(N)nn(-c2ccc(C(F)(F)F)cc2Cl)c1CCO. The minimum Gasteiger partial charge on any atom is -0.396 e. The number of alkyl halides is 3. The molecule has 116 valence electrons. The van der Waals surface area contributed by atoms with Crippen LogP contribution >= 0.6 is 11.6 Å². The molecule has 0 saturated carbocycles. The van der Waals surface area contributed by atoms with Crippen LogP contribution in [0.1, 0.15) is 16.8 Å². The van der Waals surface area contributed by atoms with E-state index in [4.69, 9.17) is 27.7 Å². The van der Waals surface area contributed by atoms with E-state index in [1.54, 1.807) is 0 Å². The lowest BCUT2D eigenvalue weighted by atomic mass is 10.1. The third-order valence-corrected chi connectivity index (χ3v) is 3.27. The van der Waals surface area contributed by atoms with Crippen molar-refractivity contribution in [2.45, 2.75) is 12.6 Å². The van der Waals surface area contributed by atoms with Gasteiger partial charge in [0, 0.05) is 13.0 Å². The van der Waals surface area contributed by atoms with E-state index in [0.717, 1.165) is 18.2 Å². The molecule has 0 fully saturated rings. The number of aromatic nitrogens is 2. The Balaban J connectivity index is 2.60. The van der Waals surface area contributed by atoms with E-state index in [2.05, 4.69) is 5.10 Å². The van der Waals surface area contributed by atoms with Crippen LogP contribution in [0.15, 0.2) is 18.2 Å². The Hall–Kier alpha value is -2.24. The van der Waals surface area contributed by atoms with Crippen LogP contribution in [0.5, 0.6) is 0 Å². The number of benzene rings is 1. The van der Waals surface area contributed by atoms with Gasteiger partial charge in [0.2, 0.25) is 0 Å². The Morgan fingerprint density at radius 2 is 2.09 bits per heavy atom. The van der Waals surface area contributed by atoms with Gasteiger partial charge in [-0.3, -0.25) is 0 Å². The zero-order valence-electron chi connectivity index (χ0n) is 11.0. The Morgan fingerprint density at radius 3 is 2.59 bits per heavy atom. The molecule has 0 radical (unpaired) electrons. The molecule has 1 aromatic carbocycles. The van der Waals surface area contributed by atoms with E-state index in [9.17, 15) is 13.2 Å². The Morgan fingerprint density at radius 1 is 1.41 bits per heavy atom. The van der Waals surface area contributed by atoms with Gasteiger partial charge in [-0.25, -0.2) is 4.68 Å². The summed E-state index contributed by atoms with van der Waals surface area (Å²) in [6.07, 6.45) is -4.46. The molecule has 0 amide bonds. The lowest BCUT2D eigenvalue weighted by Gasteiger charge is -2.12. The summed E-state index contributed by atoms with van der Waals surface area (Å²) in [5.41, 5.74) is 5.20. The van der Waals surface area contributed by atoms with Gasteiger partial charge in [-0.2, -0.15) is 18.4 Å². The molecule has 1 aromatic heterocycles. The number of rotatable bonds is 3. The number of hydrogen-bond donors (Lipinski definition) is 2. The highest BCUT2D eigenvalue weighted by Gasteiger charge is 2.31. The van der Waals surface area contributed by atoms with Gasteiger partial charge in [0.05, 0.1) is 22.0 Å². The maximum Gasteiger partial charge on any atom is 0.416 e. The van der Waals surface area contributed by atoms with Gasteiger partial charge in [0.25, 0.3) is 0 Å². The number of halogens is 4. The molecule has 0 atom stereocenters. The average Bonchev–Trinajstić information content (AvgIpc) is 2.74. The number of nitrogen functional groups attached to an aromatic ring is 1. The third kappa shape index (κ3) is 2.86. The normalized spacial score (nSPS) is 11.5. The van der Waals surface area contributed by atoms with Crippen LogP contribution in [-0.4, -0.2) is 21.5 Å². The molecule has 0 spiro atoms. The number of anilines is 1. The molecule has 0 aliphatic carbocycles. The van der Waals surface area contributed by atoms with E-state index in [1.165, 1.54) is 4.68 Å². The van der Waals surface area contributed by atoms with Crippen molar-refractivity contribution in [1.29, 1.82) is 5.26 Å². The quantitative estimate of drug-likeness (QED) is 0.905. The van der Waals surface area contributed by atoms with Crippen LogP contribution in [0.25, 0.3) is 5.69 Å². The smallest absolute Gasteiger partial charge is 0.396 e. The van der Waals surface area contributed by atoms with Gasteiger partial charge < -0.3 is 10.8 Å². The molecule has 22 heavy (non-hydrogen) atoms. The summed E-state index contributed by atoms with van der Waals surface area (Å²) in [6, 6.07) is 4.61. The summed E-state index contributed by atoms with van der Waals surface area (Å²) in [4.78, 5) is 0. The Bertz CT molecular complexity index is 749. The monoisotopic (exact) mass is 330 g/mol. The molecule has 9 heteroatoms. The van der Waals surface area contributed by atoms with E-state index >= 15 is 0 Å². The predicted octanol–water partition coefficient (Wildman–Crippen LogP) is 2.53. The highest BCUT2D eigenvalue weighted by molar-refractivity contribution is 6.32. The van der Waals surface area contributed by atoms with Crippen LogP contribution in [0, 0.1) is 11.3 Å². The molecule has 0 aliphatic rings. The van der Waals surface area contributed by atoms with Crippen LogP contribution < -0.4 is 5.73 Å². The molecule has 3 N–H and O–H groups in total. The van der Waals surface area contributed by atoms with Crippen molar-refractivity contribution in [2.24, 2.45) is 0 Å². The molecule has 0 aliphatic heterocycles. The Labute approximate surface area is 128 Å².